The third kappa shape index (κ3) is 4.78. The number of sulfonamides is 1. The van der Waals surface area contributed by atoms with Crippen LogP contribution in [-0.4, -0.2) is 51.4 Å². The minimum absolute atomic E-state index is 0.381. The Labute approximate surface area is 128 Å². The summed E-state index contributed by atoms with van der Waals surface area (Å²) in [5, 5.41) is 0. The van der Waals surface area contributed by atoms with Crippen molar-refractivity contribution in [1.82, 2.24) is 9.21 Å². The van der Waals surface area contributed by atoms with E-state index in [0.29, 0.717) is 31.1 Å². The van der Waals surface area contributed by atoms with Crippen LogP contribution in [0.15, 0.2) is 23.1 Å². The fraction of sp³-hybridized carbons (Fsp3) is 0.600. The van der Waals surface area contributed by atoms with Crippen molar-refractivity contribution in [2.45, 2.75) is 31.7 Å². The summed E-state index contributed by atoms with van der Waals surface area (Å²) in [6.45, 7) is 5.97. The van der Waals surface area contributed by atoms with E-state index < -0.39 is 10.0 Å². The molecule has 0 spiro atoms. The summed E-state index contributed by atoms with van der Waals surface area (Å²) in [6.07, 6.45) is 0.798. The van der Waals surface area contributed by atoms with Crippen LogP contribution in [0.5, 0.6) is 0 Å². The van der Waals surface area contributed by atoms with E-state index >= 15 is 0 Å². The second-order valence-corrected chi connectivity index (χ2v) is 7.42. The Morgan fingerprint density at radius 2 is 1.81 bits per heavy atom. The Morgan fingerprint density at radius 3 is 2.29 bits per heavy atom. The quantitative estimate of drug-likeness (QED) is 0.788. The summed E-state index contributed by atoms with van der Waals surface area (Å²) in [6, 6.07) is 5.31. The van der Waals surface area contributed by atoms with Crippen LogP contribution >= 0.6 is 0 Å². The van der Waals surface area contributed by atoms with Gasteiger partial charge < -0.3 is 10.6 Å². The zero-order chi connectivity index (χ0) is 16.0. The molecule has 0 aliphatic carbocycles. The Bertz CT molecular complexity index is 556. The van der Waals surface area contributed by atoms with E-state index in [9.17, 15) is 8.42 Å². The van der Waals surface area contributed by atoms with E-state index in [1.807, 2.05) is 38.9 Å². The van der Waals surface area contributed by atoms with E-state index in [2.05, 4.69) is 0 Å². The van der Waals surface area contributed by atoms with Gasteiger partial charge in [-0.05, 0) is 44.6 Å². The van der Waals surface area contributed by atoms with Gasteiger partial charge in [0.1, 0.15) is 0 Å². The van der Waals surface area contributed by atoms with Crippen LogP contribution < -0.4 is 5.73 Å². The molecule has 1 aromatic carbocycles. The van der Waals surface area contributed by atoms with Gasteiger partial charge in [-0.2, -0.15) is 4.31 Å². The summed E-state index contributed by atoms with van der Waals surface area (Å²) in [4.78, 5) is 2.37. The molecule has 0 aromatic heterocycles. The average Bonchev–Trinajstić information content (AvgIpc) is 2.42. The molecule has 0 saturated carbocycles. The highest BCUT2D eigenvalue weighted by atomic mass is 32.2. The lowest BCUT2D eigenvalue weighted by atomic mass is 10.1. The maximum Gasteiger partial charge on any atom is 0.243 e. The van der Waals surface area contributed by atoms with Gasteiger partial charge in [-0.3, -0.25) is 0 Å². The van der Waals surface area contributed by atoms with Crippen molar-refractivity contribution < 1.29 is 8.42 Å². The van der Waals surface area contributed by atoms with Crippen LogP contribution in [0.1, 0.15) is 24.5 Å². The van der Waals surface area contributed by atoms with Crippen LogP contribution in [0.3, 0.4) is 0 Å². The molecule has 1 aromatic rings. The smallest absolute Gasteiger partial charge is 0.243 e. The summed E-state index contributed by atoms with van der Waals surface area (Å²) in [5.74, 6) is 0. The SMILES string of the molecule is CCCN(CCN(C)C)S(=O)(=O)c1ccc(CN)cc1C. The molecular weight excluding hydrogens is 286 g/mol. The fourth-order valence-corrected chi connectivity index (χ4v) is 3.91. The predicted octanol–water partition coefficient (Wildman–Crippen LogP) is 1.42. The molecule has 0 saturated heterocycles. The Morgan fingerprint density at radius 1 is 1.14 bits per heavy atom. The molecule has 5 nitrogen and oxygen atoms in total. The zero-order valence-electron chi connectivity index (χ0n) is 13.5. The molecule has 0 atom stereocenters. The maximum absolute atomic E-state index is 12.8. The fourth-order valence-electron chi connectivity index (χ4n) is 2.18. The van der Waals surface area contributed by atoms with Gasteiger partial charge in [0.15, 0.2) is 0 Å². The number of rotatable bonds is 8. The van der Waals surface area contributed by atoms with Crippen molar-refractivity contribution in [3.63, 3.8) is 0 Å². The van der Waals surface area contributed by atoms with Gasteiger partial charge in [0.05, 0.1) is 4.90 Å². The number of hydrogen-bond donors (Lipinski definition) is 1. The number of aryl methyl sites for hydroxylation is 1. The summed E-state index contributed by atoms with van der Waals surface area (Å²) in [7, 11) is 0.436. The van der Waals surface area contributed by atoms with Gasteiger partial charge in [-0.15, -0.1) is 0 Å². The highest BCUT2D eigenvalue weighted by molar-refractivity contribution is 7.89. The largest absolute Gasteiger partial charge is 0.326 e. The highest BCUT2D eigenvalue weighted by Crippen LogP contribution is 2.21. The number of likely N-dealkylation sites (N-methyl/N-ethyl adjacent to an activating group) is 1. The van der Waals surface area contributed by atoms with Gasteiger partial charge in [-0.25, -0.2) is 8.42 Å². The van der Waals surface area contributed by atoms with Gasteiger partial charge in [0.25, 0.3) is 0 Å². The van der Waals surface area contributed by atoms with Crippen molar-refractivity contribution in [1.29, 1.82) is 0 Å². The molecule has 2 N–H and O–H groups in total. The van der Waals surface area contributed by atoms with Gasteiger partial charge >= 0.3 is 0 Å². The minimum atomic E-state index is -3.45. The third-order valence-electron chi connectivity index (χ3n) is 3.36. The van der Waals surface area contributed by atoms with Gasteiger partial charge in [-0.1, -0.05) is 19.1 Å². The van der Waals surface area contributed by atoms with Gasteiger partial charge in [0, 0.05) is 26.2 Å². The molecule has 0 amide bonds. The molecular formula is C15H27N3O2S. The van der Waals surface area contributed by atoms with Crippen molar-refractivity contribution in [2.24, 2.45) is 5.73 Å². The lowest BCUT2D eigenvalue weighted by Gasteiger charge is -2.24. The standard InChI is InChI=1S/C15H27N3O2S/c1-5-8-18(10-9-17(3)4)21(19,20)15-7-6-14(12-16)11-13(15)2/h6-7,11H,5,8-10,12,16H2,1-4H3. The molecule has 21 heavy (non-hydrogen) atoms. The Balaban J connectivity index is 3.10. The molecule has 0 heterocycles. The normalized spacial score (nSPS) is 12.3. The lowest BCUT2D eigenvalue weighted by Crippen LogP contribution is -2.37. The van der Waals surface area contributed by atoms with E-state index in [1.165, 1.54) is 0 Å². The maximum atomic E-state index is 12.8. The van der Waals surface area contributed by atoms with E-state index in [0.717, 1.165) is 17.5 Å². The molecule has 0 fully saturated rings. The summed E-state index contributed by atoms with van der Waals surface area (Å²) in [5.41, 5.74) is 7.30. The van der Waals surface area contributed by atoms with Crippen LogP contribution in [0.25, 0.3) is 0 Å². The molecule has 0 aliphatic heterocycles. The topological polar surface area (TPSA) is 66.6 Å². The Hall–Kier alpha value is -0.950. The second kappa shape index (κ2) is 7.89. The average molecular weight is 313 g/mol. The number of hydrogen-bond acceptors (Lipinski definition) is 4. The third-order valence-corrected chi connectivity index (χ3v) is 5.42. The van der Waals surface area contributed by atoms with Crippen LogP contribution in [0.4, 0.5) is 0 Å². The molecule has 0 aliphatic rings. The van der Waals surface area contributed by atoms with Crippen LogP contribution in [0, 0.1) is 6.92 Å². The first-order valence-corrected chi connectivity index (χ1v) is 8.71. The van der Waals surface area contributed by atoms with Crippen molar-refractivity contribution in [2.75, 3.05) is 33.7 Å². The number of benzene rings is 1. The number of nitrogens with zero attached hydrogens (tertiary/aromatic N) is 2. The number of nitrogens with two attached hydrogens (primary N) is 1. The first-order valence-electron chi connectivity index (χ1n) is 7.27. The van der Waals surface area contributed by atoms with Crippen LogP contribution in [0.2, 0.25) is 0 Å². The summed E-state index contributed by atoms with van der Waals surface area (Å²) >= 11 is 0. The zero-order valence-corrected chi connectivity index (χ0v) is 14.3. The van der Waals surface area contributed by atoms with Crippen molar-refractivity contribution in [3.8, 4) is 0 Å². The molecule has 0 bridgehead atoms. The molecule has 0 radical (unpaired) electrons. The van der Waals surface area contributed by atoms with E-state index in [1.54, 1.807) is 16.4 Å². The summed E-state index contributed by atoms with van der Waals surface area (Å²) < 4.78 is 27.2. The highest BCUT2D eigenvalue weighted by Gasteiger charge is 2.25. The predicted molar refractivity (Wildman–Crippen MR) is 86.7 cm³/mol. The molecule has 1 rings (SSSR count). The first-order chi connectivity index (χ1) is 9.82. The van der Waals surface area contributed by atoms with E-state index in [-0.39, 0.29) is 0 Å². The molecule has 0 unspecified atom stereocenters. The lowest BCUT2D eigenvalue weighted by molar-refractivity contribution is 0.333. The minimum Gasteiger partial charge on any atom is -0.326 e. The van der Waals surface area contributed by atoms with Crippen molar-refractivity contribution >= 4 is 10.0 Å². The Kier molecular flexibility index (Phi) is 6.80. The molecule has 6 heteroatoms. The second-order valence-electron chi connectivity index (χ2n) is 5.51. The van der Waals surface area contributed by atoms with Crippen LogP contribution in [-0.2, 0) is 16.6 Å². The monoisotopic (exact) mass is 313 g/mol. The molecule has 120 valence electrons. The van der Waals surface area contributed by atoms with E-state index in [4.69, 9.17) is 5.73 Å². The van der Waals surface area contributed by atoms with Crippen molar-refractivity contribution in [3.05, 3.63) is 29.3 Å². The first kappa shape index (κ1) is 18.1. The van der Waals surface area contributed by atoms with Gasteiger partial charge in [0.2, 0.25) is 10.0 Å².